The first-order chi connectivity index (χ1) is 20.3. The summed E-state index contributed by atoms with van der Waals surface area (Å²) in [5, 5.41) is 6.08. The number of nitrogens with zero attached hydrogens (tertiary/aromatic N) is 2. The summed E-state index contributed by atoms with van der Waals surface area (Å²) in [5.74, 6) is -0.270. The fourth-order valence-electron chi connectivity index (χ4n) is 6.82. The minimum Gasteiger partial charge on any atom is -0.404 e. The summed E-state index contributed by atoms with van der Waals surface area (Å²) in [5.41, 5.74) is 0.627. The minimum atomic E-state index is -2.64. The molecule has 218 valence electrons. The number of fused-ring (bicyclic) bond motifs is 1. The molecule has 4 aromatic rings. The van der Waals surface area contributed by atoms with E-state index in [0.717, 1.165) is 44.9 Å². The van der Waals surface area contributed by atoms with Crippen LogP contribution in [0, 0.1) is 0 Å². The van der Waals surface area contributed by atoms with Crippen molar-refractivity contribution in [1.82, 2.24) is 14.9 Å². The Bertz CT molecular complexity index is 1560. The summed E-state index contributed by atoms with van der Waals surface area (Å²) in [6, 6.07) is 25.5. The van der Waals surface area contributed by atoms with Gasteiger partial charge in [0.15, 0.2) is 0 Å². The fraction of sp³-hybridized carbons (Fsp3) is 0.400. The van der Waals surface area contributed by atoms with Crippen molar-refractivity contribution in [2.45, 2.75) is 88.9 Å². The van der Waals surface area contributed by atoms with Crippen LogP contribution in [-0.2, 0) is 4.43 Å². The summed E-state index contributed by atoms with van der Waals surface area (Å²) in [6.07, 6.45) is 10.3. The van der Waals surface area contributed by atoms with Crippen molar-refractivity contribution in [3.05, 3.63) is 101 Å². The van der Waals surface area contributed by atoms with E-state index < -0.39 is 8.32 Å². The zero-order chi connectivity index (χ0) is 29.3. The molecule has 2 fully saturated rings. The predicted molar refractivity (Wildman–Crippen MR) is 171 cm³/mol. The van der Waals surface area contributed by atoms with Gasteiger partial charge in [-0.1, -0.05) is 81.4 Å². The van der Waals surface area contributed by atoms with E-state index in [9.17, 15) is 9.59 Å². The normalized spacial score (nSPS) is 19.8. The molecular weight excluding hydrogens is 538 g/mol. The molecule has 0 spiro atoms. The van der Waals surface area contributed by atoms with Gasteiger partial charge in [0.1, 0.15) is 11.2 Å². The lowest BCUT2D eigenvalue weighted by molar-refractivity contribution is 0.0914. The number of nitrogens with one attached hydrogen (secondary N) is 1. The van der Waals surface area contributed by atoms with Crippen molar-refractivity contribution in [1.29, 1.82) is 0 Å². The van der Waals surface area contributed by atoms with Crippen molar-refractivity contribution in [2.24, 2.45) is 0 Å². The fourth-order valence-corrected chi connectivity index (χ4v) is 11.6. The number of hydrogen-bond acceptors (Lipinski definition) is 4. The summed E-state index contributed by atoms with van der Waals surface area (Å²) < 4.78 is 9.52. The van der Waals surface area contributed by atoms with E-state index in [1.165, 1.54) is 10.4 Å². The molecule has 6 nitrogen and oxygen atoms in total. The number of pyridine rings is 2. The molecule has 0 aliphatic heterocycles. The summed E-state index contributed by atoms with van der Waals surface area (Å²) in [4.78, 5) is 31.1. The topological polar surface area (TPSA) is 73.2 Å². The van der Waals surface area contributed by atoms with Gasteiger partial charge in [-0.05, 0) is 72.5 Å². The number of benzene rings is 2. The lowest BCUT2D eigenvalue weighted by atomic mass is 9.92. The van der Waals surface area contributed by atoms with E-state index in [1.54, 1.807) is 24.5 Å². The van der Waals surface area contributed by atoms with E-state index in [-0.39, 0.29) is 40.1 Å². The van der Waals surface area contributed by atoms with Crippen LogP contribution in [0.3, 0.4) is 0 Å². The number of carbonyl (C=O) groups is 1. The molecule has 2 aliphatic rings. The van der Waals surface area contributed by atoms with Crippen LogP contribution in [0.1, 0.15) is 82.1 Å². The van der Waals surface area contributed by atoms with E-state index in [2.05, 4.69) is 96.3 Å². The van der Waals surface area contributed by atoms with Gasteiger partial charge in [0.25, 0.3) is 14.2 Å². The van der Waals surface area contributed by atoms with Gasteiger partial charge in [-0.15, -0.1) is 0 Å². The number of rotatable bonds is 7. The van der Waals surface area contributed by atoms with Gasteiger partial charge in [-0.3, -0.25) is 9.59 Å². The third-order valence-corrected chi connectivity index (χ3v) is 14.4. The molecule has 0 saturated heterocycles. The largest absolute Gasteiger partial charge is 0.404 e. The van der Waals surface area contributed by atoms with E-state index in [0.29, 0.717) is 11.0 Å². The second-order valence-corrected chi connectivity index (χ2v) is 17.2. The second-order valence-electron chi connectivity index (χ2n) is 13.0. The molecule has 1 N–H and O–H groups in total. The highest BCUT2D eigenvalue weighted by molar-refractivity contribution is 6.99. The SMILES string of the molecule is CC(C)(C)[Si](O[C@H]1CC[C@H](n2cc(C(=O)NC3CCC3)c(=O)c3cccnc32)CC1)(c1ccccc1)c1ccccc1. The summed E-state index contributed by atoms with van der Waals surface area (Å²) >= 11 is 0. The molecule has 0 radical (unpaired) electrons. The zero-order valence-corrected chi connectivity index (χ0v) is 25.9. The van der Waals surface area contributed by atoms with Crippen LogP contribution < -0.4 is 21.1 Å². The Balaban J connectivity index is 1.30. The molecule has 7 heteroatoms. The van der Waals surface area contributed by atoms with Gasteiger partial charge in [0.2, 0.25) is 5.43 Å². The molecule has 1 amide bonds. The Kier molecular flexibility index (Phi) is 7.90. The number of carbonyl (C=O) groups excluding carboxylic acids is 1. The van der Waals surface area contributed by atoms with Crippen LogP contribution >= 0.6 is 0 Å². The number of hydrogen-bond donors (Lipinski definition) is 1. The maximum atomic E-state index is 13.3. The highest BCUT2D eigenvalue weighted by Gasteiger charge is 2.51. The molecule has 2 aromatic carbocycles. The first kappa shape index (κ1) is 28.6. The van der Waals surface area contributed by atoms with Crippen molar-refractivity contribution in [2.75, 3.05) is 0 Å². The highest BCUT2D eigenvalue weighted by atomic mass is 28.4. The van der Waals surface area contributed by atoms with Gasteiger partial charge < -0.3 is 14.3 Å². The molecule has 2 heterocycles. The lowest BCUT2D eigenvalue weighted by Gasteiger charge is -2.46. The van der Waals surface area contributed by atoms with Gasteiger partial charge in [-0.25, -0.2) is 4.98 Å². The van der Waals surface area contributed by atoms with Crippen LogP contribution in [0.4, 0.5) is 0 Å². The van der Waals surface area contributed by atoms with Crippen molar-refractivity contribution >= 4 is 35.6 Å². The Labute approximate surface area is 249 Å². The number of amides is 1. The maximum absolute atomic E-state index is 13.3. The minimum absolute atomic E-state index is 0.0753. The third kappa shape index (κ3) is 5.24. The average Bonchev–Trinajstić information content (AvgIpc) is 2.99. The van der Waals surface area contributed by atoms with Crippen molar-refractivity contribution < 1.29 is 9.22 Å². The molecule has 2 saturated carbocycles. The smallest absolute Gasteiger partial charge is 0.261 e. The molecular formula is C35H41N3O3Si. The molecule has 6 rings (SSSR count). The Morgan fingerprint density at radius 2 is 1.50 bits per heavy atom. The zero-order valence-electron chi connectivity index (χ0n) is 24.9. The van der Waals surface area contributed by atoms with Crippen LogP contribution in [0.15, 0.2) is 90.0 Å². The first-order valence-electron chi connectivity index (χ1n) is 15.4. The molecule has 2 aliphatic carbocycles. The Morgan fingerprint density at radius 1 is 0.881 bits per heavy atom. The van der Waals surface area contributed by atoms with Crippen LogP contribution in [-0.4, -0.2) is 35.9 Å². The van der Waals surface area contributed by atoms with E-state index >= 15 is 0 Å². The predicted octanol–water partition coefficient (Wildman–Crippen LogP) is 5.74. The van der Waals surface area contributed by atoms with E-state index in [1.807, 2.05) is 0 Å². The van der Waals surface area contributed by atoms with Crippen LogP contribution in [0.25, 0.3) is 11.0 Å². The molecule has 0 unspecified atom stereocenters. The van der Waals surface area contributed by atoms with Crippen molar-refractivity contribution in [3.63, 3.8) is 0 Å². The third-order valence-electron chi connectivity index (χ3n) is 9.27. The van der Waals surface area contributed by atoms with Crippen molar-refractivity contribution in [3.8, 4) is 0 Å². The van der Waals surface area contributed by atoms with Gasteiger partial charge in [0.05, 0.1) is 5.39 Å². The first-order valence-corrected chi connectivity index (χ1v) is 17.3. The van der Waals surface area contributed by atoms with Crippen LogP contribution in [0.5, 0.6) is 0 Å². The lowest BCUT2D eigenvalue weighted by Crippen LogP contribution is -2.67. The average molecular weight is 580 g/mol. The second kappa shape index (κ2) is 11.6. The highest BCUT2D eigenvalue weighted by Crippen LogP contribution is 2.40. The Morgan fingerprint density at radius 3 is 2.05 bits per heavy atom. The number of aromatic nitrogens is 2. The molecule has 0 atom stereocenters. The molecule has 42 heavy (non-hydrogen) atoms. The maximum Gasteiger partial charge on any atom is 0.261 e. The summed E-state index contributed by atoms with van der Waals surface area (Å²) in [7, 11) is -2.64. The monoisotopic (exact) mass is 579 g/mol. The van der Waals surface area contributed by atoms with E-state index in [4.69, 9.17) is 4.43 Å². The standard InChI is InChI=1S/C35H41N3O3Si/c1-35(2,3)42(28-14-6-4-7-15-28,29-16-8-5-9-17-29)41-27-21-19-26(20-22-27)38-24-31(34(40)37-25-12-10-13-25)32(39)30-18-11-23-36-33(30)38/h4-9,11,14-18,23-27H,10,12-13,19-22H2,1-3H3,(H,37,40)/t26-,27-. The van der Waals surface area contributed by atoms with Crippen LogP contribution in [0.2, 0.25) is 5.04 Å². The van der Waals surface area contributed by atoms with Gasteiger partial charge >= 0.3 is 0 Å². The van der Waals surface area contributed by atoms with Gasteiger partial charge in [0, 0.05) is 30.6 Å². The van der Waals surface area contributed by atoms with Gasteiger partial charge in [-0.2, -0.15) is 0 Å². The quantitative estimate of drug-likeness (QED) is 0.284. The summed E-state index contributed by atoms with van der Waals surface area (Å²) in [6.45, 7) is 6.96. The Hall–Kier alpha value is -3.55. The molecule has 0 bridgehead atoms. The molecule has 2 aromatic heterocycles.